The molecule has 4 heterocycles. The molecule has 0 saturated carbocycles. The van der Waals surface area contributed by atoms with Crippen molar-refractivity contribution >= 4 is 53.3 Å². The van der Waals surface area contributed by atoms with Crippen LogP contribution in [0, 0.1) is 12.1 Å². The number of thiophene rings is 1. The molecule has 9 aromatic rings. The fourth-order valence-corrected chi connectivity index (χ4v) is 7.60. The summed E-state index contributed by atoms with van der Waals surface area (Å²) in [6.45, 7) is 6.70. The molecule has 0 aliphatic heterocycles. The van der Waals surface area contributed by atoms with Gasteiger partial charge in [-0.2, -0.15) is 17.2 Å². The third-order valence-corrected chi connectivity index (χ3v) is 10.0. The third kappa shape index (κ3) is 5.46. The minimum atomic E-state index is -0.0316. The van der Waals surface area contributed by atoms with E-state index < -0.39 is 0 Å². The van der Waals surface area contributed by atoms with Crippen molar-refractivity contribution in [3.8, 4) is 34.1 Å². The first-order chi connectivity index (χ1) is 23.4. The van der Waals surface area contributed by atoms with Crippen LogP contribution in [0.5, 0.6) is 11.5 Å². The maximum atomic E-state index is 6.46. The van der Waals surface area contributed by atoms with Gasteiger partial charge in [-0.05, 0) is 51.9 Å². The second kappa shape index (κ2) is 12.1. The van der Waals surface area contributed by atoms with Crippen molar-refractivity contribution in [3.63, 3.8) is 0 Å². The first kappa shape index (κ1) is 31.2. The van der Waals surface area contributed by atoms with Crippen LogP contribution in [0.25, 0.3) is 64.6 Å². The van der Waals surface area contributed by atoms with Crippen LogP contribution in [-0.2, 0) is 26.5 Å². The molecule has 240 valence electrons. The zero-order valence-electron chi connectivity index (χ0n) is 27.0. The van der Waals surface area contributed by atoms with Crippen molar-refractivity contribution in [2.75, 3.05) is 0 Å². The maximum Gasteiger partial charge on any atom is 2.00 e. The molecular formula is C42H30N4OPtS. The van der Waals surface area contributed by atoms with Crippen LogP contribution in [0.3, 0.4) is 0 Å². The van der Waals surface area contributed by atoms with Crippen LogP contribution in [0.1, 0.15) is 26.3 Å². The molecular weight excluding hydrogens is 804 g/mol. The Morgan fingerprint density at radius 3 is 2.37 bits per heavy atom. The number of benzene rings is 5. The Hall–Kier alpha value is -5.03. The van der Waals surface area contributed by atoms with E-state index in [9.17, 15) is 0 Å². The van der Waals surface area contributed by atoms with Crippen LogP contribution < -0.4 is 4.74 Å². The summed E-state index contributed by atoms with van der Waals surface area (Å²) < 4.78 is 13.1. The number of nitrogens with zero attached hydrogens (tertiary/aromatic N) is 4. The predicted octanol–water partition coefficient (Wildman–Crippen LogP) is 11.1. The van der Waals surface area contributed by atoms with Crippen LogP contribution >= 0.6 is 11.3 Å². The zero-order valence-corrected chi connectivity index (χ0v) is 30.1. The number of hydrogen-bond donors (Lipinski definition) is 0. The number of pyridine rings is 1. The monoisotopic (exact) mass is 833 g/mol. The van der Waals surface area contributed by atoms with Gasteiger partial charge in [-0.3, -0.25) is 4.68 Å². The van der Waals surface area contributed by atoms with Gasteiger partial charge in [0.2, 0.25) is 0 Å². The molecule has 0 aliphatic rings. The molecule has 49 heavy (non-hydrogen) atoms. The van der Waals surface area contributed by atoms with Gasteiger partial charge in [-0.25, -0.2) is 4.98 Å². The second-order valence-electron chi connectivity index (χ2n) is 13.0. The van der Waals surface area contributed by atoms with Gasteiger partial charge in [-0.1, -0.05) is 80.9 Å². The normalized spacial score (nSPS) is 11.8. The summed E-state index contributed by atoms with van der Waals surface area (Å²) in [6, 6.07) is 44.7. The largest absolute Gasteiger partial charge is 2.00 e. The molecule has 9 rings (SSSR count). The summed E-state index contributed by atoms with van der Waals surface area (Å²) in [5, 5.41) is 9.34. The van der Waals surface area contributed by atoms with E-state index in [4.69, 9.17) is 9.72 Å². The quantitative estimate of drug-likeness (QED) is 0.162. The first-order valence-electron chi connectivity index (χ1n) is 16.0. The molecule has 0 radical (unpaired) electrons. The number of aromatic nitrogens is 4. The van der Waals surface area contributed by atoms with Gasteiger partial charge in [0.1, 0.15) is 5.82 Å². The van der Waals surface area contributed by atoms with E-state index in [-0.39, 0.29) is 26.5 Å². The van der Waals surface area contributed by atoms with Crippen molar-refractivity contribution in [2.24, 2.45) is 0 Å². The van der Waals surface area contributed by atoms with E-state index in [0.717, 1.165) is 44.4 Å². The Morgan fingerprint density at radius 1 is 0.714 bits per heavy atom. The van der Waals surface area contributed by atoms with E-state index in [1.165, 1.54) is 25.7 Å². The maximum absolute atomic E-state index is 6.46. The Balaban J connectivity index is 0.00000348. The molecule has 0 spiro atoms. The average Bonchev–Trinajstić information content (AvgIpc) is 3.83. The van der Waals surface area contributed by atoms with Crippen molar-refractivity contribution in [1.82, 2.24) is 19.3 Å². The molecule has 0 bridgehead atoms. The molecule has 7 heteroatoms. The molecule has 0 amide bonds. The molecule has 5 nitrogen and oxygen atoms in total. The summed E-state index contributed by atoms with van der Waals surface area (Å²) in [5.41, 5.74) is 6.18. The van der Waals surface area contributed by atoms with Gasteiger partial charge >= 0.3 is 21.1 Å². The third-order valence-electron chi connectivity index (χ3n) is 8.90. The fraction of sp³-hybridized carbons (Fsp3) is 0.0952. The number of fused-ring (bicyclic) bond motifs is 7. The van der Waals surface area contributed by atoms with E-state index in [1.807, 2.05) is 77.1 Å². The van der Waals surface area contributed by atoms with Gasteiger partial charge in [0.25, 0.3) is 0 Å². The molecule has 4 aromatic heterocycles. The number of rotatable bonds is 5. The van der Waals surface area contributed by atoms with Crippen molar-refractivity contribution < 1.29 is 25.8 Å². The van der Waals surface area contributed by atoms with Gasteiger partial charge in [0.15, 0.2) is 0 Å². The molecule has 0 atom stereocenters. The molecule has 0 N–H and O–H groups in total. The molecule has 0 saturated heterocycles. The van der Waals surface area contributed by atoms with Crippen molar-refractivity contribution in [2.45, 2.75) is 26.2 Å². The van der Waals surface area contributed by atoms with E-state index >= 15 is 0 Å². The SMILES string of the molecule is CC(C)(C)c1ccnc(-n2c3[c-]c(Oc4[c-]c(-n5cc(-c6ccccc6)cn5)ccc4)ccc3c3ccc4sc5ccccc5c4c32)c1.[Pt+2]. The van der Waals surface area contributed by atoms with Crippen molar-refractivity contribution in [1.29, 1.82) is 0 Å². The summed E-state index contributed by atoms with van der Waals surface area (Å²) in [7, 11) is 0. The van der Waals surface area contributed by atoms with Crippen LogP contribution in [0.4, 0.5) is 0 Å². The summed E-state index contributed by atoms with van der Waals surface area (Å²) in [6.07, 6.45) is 5.79. The fourth-order valence-electron chi connectivity index (χ4n) is 6.50. The Bertz CT molecular complexity index is 2650. The zero-order chi connectivity index (χ0) is 32.4. The molecule has 0 unspecified atom stereocenters. The van der Waals surface area contributed by atoms with Crippen molar-refractivity contribution in [3.05, 3.63) is 145 Å². The number of ether oxygens (including phenoxy) is 1. The predicted molar refractivity (Wildman–Crippen MR) is 197 cm³/mol. The Kier molecular flexibility index (Phi) is 7.74. The summed E-state index contributed by atoms with van der Waals surface area (Å²) >= 11 is 1.82. The second-order valence-corrected chi connectivity index (χ2v) is 14.1. The van der Waals surface area contributed by atoms with E-state index in [2.05, 4.69) is 109 Å². The standard InChI is InChI=1S/C42H30N4OS.Pt/c1-42(2,3)29-20-21-43-39(22-29)46-36-24-32(16-17-33(36)34-18-19-38-40(41(34)46)35-14-7-8-15-37(35)48-38)47-31-13-9-12-30(23-31)45-26-28(25-44-45)27-10-5-4-6-11-27;/h4-22,25-26H,1-3H3;/q-2;+2. The van der Waals surface area contributed by atoms with Gasteiger partial charge in [0, 0.05) is 49.6 Å². The van der Waals surface area contributed by atoms with E-state index in [0.29, 0.717) is 11.5 Å². The van der Waals surface area contributed by atoms with Crippen LogP contribution in [-0.4, -0.2) is 19.3 Å². The van der Waals surface area contributed by atoms with Gasteiger partial charge in [0.05, 0.1) is 11.7 Å². The average molecular weight is 834 g/mol. The van der Waals surface area contributed by atoms with Gasteiger partial charge in [-0.15, -0.1) is 47.1 Å². The summed E-state index contributed by atoms with van der Waals surface area (Å²) in [4.78, 5) is 4.94. The Morgan fingerprint density at radius 2 is 1.51 bits per heavy atom. The van der Waals surface area contributed by atoms with Crippen LogP contribution in [0.15, 0.2) is 128 Å². The minimum absolute atomic E-state index is 0. The Labute approximate surface area is 302 Å². The molecule has 0 fully saturated rings. The summed E-state index contributed by atoms with van der Waals surface area (Å²) in [5.74, 6) is 2.05. The number of hydrogen-bond acceptors (Lipinski definition) is 4. The smallest absolute Gasteiger partial charge is 0.509 e. The minimum Gasteiger partial charge on any atom is -0.509 e. The van der Waals surface area contributed by atoms with E-state index in [1.54, 1.807) is 0 Å². The van der Waals surface area contributed by atoms with Crippen LogP contribution in [0.2, 0.25) is 0 Å². The van der Waals surface area contributed by atoms with Gasteiger partial charge < -0.3 is 9.30 Å². The molecule has 5 aromatic carbocycles. The topological polar surface area (TPSA) is 44.9 Å². The first-order valence-corrected chi connectivity index (χ1v) is 16.8. The molecule has 0 aliphatic carbocycles.